The molecule has 0 bridgehead atoms. The standard InChI is InChI=1S/C12H17N7O4/c1-6-8-11(23-9(6)10(13)21)15-5-19(12(8)22)4-7(17-14)18-16-2-3-20/h5-6,9,20H,2-4,14H2,1H3,(H2,13,21)/b17-7-,18-16?. The maximum absolute atomic E-state index is 12.5. The highest BCUT2D eigenvalue weighted by Gasteiger charge is 2.38. The van der Waals surface area contributed by atoms with Gasteiger partial charge >= 0.3 is 0 Å². The van der Waals surface area contributed by atoms with E-state index in [2.05, 4.69) is 20.3 Å². The predicted molar refractivity (Wildman–Crippen MR) is 79.0 cm³/mol. The van der Waals surface area contributed by atoms with Gasteiger partial charge in [-0.15, -0.1) is 5.11 Å². The van der Waals surface area contributed by atoms with E-state index in [1.54, 1.807) is 6.92 Å². The van der Waals surface area contributed by atoms with Crippen molar-refractivity contribution < 1.29 is 14.6 Å². The molecule has 2 rings (SSSR count). The topological polar surface area (TPSA) is 171 Å². The Morgan fingerprint density at radius 2 is 2.30 bits per heavy atom. The number of azo groups is 1. The number of nitrogens with zero attached hydrogens (tertiary/aromatic N) is 5. The summed E-state index contributed by atoms with van der Waals surface area (Å²) < 4.78 is 6.53. The van der Waals surface area contributed by atoms with E-state index in [-0.39, 0.29) is 37.0 Å². The number of primary amides is 1. The molecule has 124 valence electrons. The number of fused-ring (bicyclic) bond motifs is 1. The summed E-state index contributed by atoms with van der Waals surface area (Å²) in [4.78, 5) is 27.8. The van der Waals surface area contributed by atoms with E-state index in [9.17, 15) is 9.59 Å². The lowest BCUT2D eigenvalue weighted by molar-refractivity contribution is -0.124. The number of hydrogen-bond acceptors (Lipinski definition) is 8. The quantitative estimate of drug-likeness (QED) is 0.192. The average molecular weight is 323 g/mol. The zero-order valence-corrected chi connectivity index (χ0v) is 12.4. The fraction of sp³-hybridized carbons (Fsp3) is 0.500. The molecule has 5 N–H and O–H groups in total. The third-order valence-corrected chi connectivity index (χ3v) is 3.31. The van der Waals surface area contributed by atoms with Crippen LogP contribution in [0.3, 0.4) is 0 Å². The van der Waals surface area contributed by atoms with Crippen LogP contribution in [0.2, 0.25) is 0 Å². The van der Waals surface area contributed by atoms with Gasteiger partial charge in [0.15, 0.2) is 11.9 Å². The molecule has 23 heavy (non-hydrogen) atoms. The van der Waals surface area contributed by atoms with Gasteiger partial charge in [0.25, 0.3) is 11.5 Å². The van der Waals surface area contributed by atoms with Gasteiger partial charge in [0.1, 0.15) is 6.33 Å². The summed E-state index contributed by atoms with van der Waals surface area (Å²) in [6, 6.07) is 0. The van der Waals surface area contributed by atoms with E-state index in [0.29, 0.717) is 0 Å². The first-order valence-electron chi connectivity index (χ1n) is 6.80. The molecule has 0 fully saturated rings. The van der Waals surface area contributed by atoms with Crippen molar-refractivity contribution in [2.45, 2.75) is 25.5 Å². The smallest absolute Gasteiger partial charge is 0.261 e. The Morgan fingerprint density at radius 3 is 2.91 bits per heavy atom. The van der Waals surface area contributed by atoms with E-state index in [1.165, 1.54) is 10.9 Å². The van der Waals surface area contributed by atoms with Gasteiger partial charge in [0, 0.05) is 5.92 Å². The lowest BCUT2D eigenvalue weighted by Gasteiger charge is -2.09. The summed E-state index contributed by atoms with van der Waals surface area (Å²) in [6.45, 7) is 1.54. The first-order chi connectivity index (χ1) is 11.0. The largest absolute Gasteiger partial charge is 0.463 e. The van der Waals surface area contributed by atoms with Crippen LogP contribution < -0.4 is 21.9 Å². The van der Waals surface area contributed by atoms with Crippen molar-refractivity contribution in [3.8, 4) is 5.88 Å². The molecule has 1 aromatic rings. The van der Waals surface area contributed by atoms with Gasteiger partial charge in [0.2, 0.25) is 5.88 Å². The van der Waals surface area contributed by atoms with Gasteiger partial charge in [-0.05, 0) is 0 Å². The molecule has 1 aromatic heterocycles. The molecule has 1 amide bonds. The first kappa shape index (κ1) is 16.5. The molecular weight excluding hydrogens is 306 g/mol. The molecule has 0 aromatic carbocycles. The number of amidine groups is 1. The third kappa shape index (κ3) is 3.34. The Balaban J connectivity index is 2.28. The number of nitrogens with two attached hydrogens (primary N) is 2. The van der Waals surface area contributed by atoms with Crippen LogP contribution in [-0.2, 0) is 11.3 Å². The van der Waals surface area contributed by atoms with Gasteiger partial charge in [-0.1, -0.05) is 6.92 Å². The summed E-state index contributed by atoms with van der Waals surface area (Å²) in [5.74, 6) is 4.21. The van der Waals surface area contributed by atoms with Gasteiger partial charge < -0.3 is 21.4 Å². The summed E-state index contributed by atoms with van der Waals surface area (Å²) in [5, 5.41) is 19.5. The molecule has 2 atom stereocenters. The van der Waals surface area contributed by atoms with Crippen molar-refractivity contribution >= 4 is 11.7 Å². The molecule has 0 aliphatic carbocycles. The van der Waals surface area contributed by atoms with Crippen LogP contribution >= 0.6 is 0 Å². The van der Waals surface area contributed by atoms with Crippen molar-refractivity contribution in [2.75, 3.05) is 13.2 Å². The minimum absolute atomic E-state index is 0.0570. The SMILES string of the molecule is CC1c2c(ncn(C/C(N=NCCO)=N/N)c2=O)OC1C(N)=O. The van der Waals surface area contributed by atoms with Gasteiger partial charge in [-0.25, -0.2) is 4.98 Å². The Morgan fingerprint density at radius 1 is 1.57 bits per heavy atom. The monoisotopic (exact) mass is 323 g/mol. The maximum atomic E-state index is 12.5. The molecule has 2 unspecified atom stereocenters. The molecule has 2 heterocycles. The first-order valence-corrected chi connectivity index (χ1v) is 6.80. The van der Waals surface area contributed by atoms with E-state index >= 15 is 0 Å². The van der Waals surface area contributed by atoms with E-state index in [0.717, 1.165) is 0 Å². The Kier molecular flexibility index (Phi) is 5.01. The number of carbonyl (C=O) groups excluding carboxylic acids is 1. The molecule has 0 saturated heterocycles. The second kappa shape index (κ2) is 6.96. The molecule has 11 nitrogen and oxygen atoms in total. The van der Waals surface area contributed by atoms with E-state index in [1.807, 2.05) is 0 Å². The van der Waals surface area contributed by atoms with Crippen molar-refractivity contribution in [1.82, 2.24) is 9.55 Å². The van der Waals surface area contributed by atoms with Crippen LogP contribution in [0.25, 0.3) is 0 Å². The van der Waals surface area contributed by atoms with Crippen LogP contribution in [-0.4, -0.2) is 45.7 Å². The predicted octanol–water partition coefficient (Wildman–Crippen LogP) is -1.69. The summed E-state index contributed by atoms with van der Waals surface area (Å²) >= 11 is 0. The van der Waals surface area contributed by atoms with Crippen LogP contribution in [0, 0.1) is 0 Å². The molecule has 0 radical (unpaired) electrons. The summed E-state index contributed by atoms with van der Waals surface area (Å²) in [6.07, 6.45) is 0.317. The van der Waals surface area contributed by atoms with Crippen molar-refractivity contribution in [3.63, 3.8) is 0 Å². The van der Waals surface area contributed by atoms with Gasteiger partial charge in [0.05, 0.1) is 25.3 Å². The van der Waals surface area contributed by atoms with E-state index in [4.69, 9.17) is 21.4 Å². The zero-order valence-electron chi connectivity index (χ0n) is 12.4. The third-order valence-electron chi connectivity index (χ3n) is 3.31. The lowest BCUT2D eigenvalue weighted by atomic mass is 9.99. The number of aliphatic hydroxyl groups is 1. The number of hydrogen-bond donors (Lipinski definition) is 3. The van der Waals surface area contributed by atoms with Crippen LogP contribution in [0.4, 0.5) is 0 Å². The molecule has 0 saturated carbocycles. The average Bonchev–Trinajstić information content (AvgIpc) is 2.86. The highest BCUT2D eigenvalue weighted by molar-refractivity contribution is 5.82. The molecular formula is C12H17N7O4. The number of rotatable bonds is 5. The number of hydrazone groups is 1. The number of aliphatic hydroxyl groups excluding tert-OH is 1. The minimum atomic E-state index is -0.923. The number of amides is 1. The fourth-order valence-corrected chi connectivity index (χ4v) is 2.19. The summed E-state index contributed by atoms with van der Waals surface area (Å²) in [7, 11) is 0. The molecule has 11 heteroatoms. The van der Waals surface area contributed by atoms with Crippen LogP contribution in [0.15, 0.2) is 26.5 Å². The number of ether oxygens (including phenoxy) is 1. The van der Waals surface area contributed by atoms with Gasteiger partial charge in [-0.2, -0.15) is 10.2 Å². The fourth-order valence-electron chi connectivity index (χ4n) is 2.19. The van der Waals surface area contributed by atoms with Crippen LogP contribution in [0.1, 0.15) is 18.4 Å². The van der Waals surface area contributed by atoms with Crippen LogP contribution in [0.5, 0.6) is 5.88 Å². The zero-order chi connectivity index (χ0) is 17.0. The maximum Gasteiger partial charge on any atom is 0.261 e. The second-order valence-electron chi connectivity index (χ2n) is 4.86. The Hall–Kier alpha value is -2.82. The Bertz CT molecular complexity index is 712. The lowest BCUT2D eigenvalue weighted by Crippen LogP contribution is -2.35. The van der Waals surface area contributed by atoms with Crippen molar-refractivity contribution in [2.24, 2.45) is 26.9 Å². The number of carbonyl (C=O) groups is 1. The van der Waals surface area contributed by atoms with Crippen molar-refractivity contribution in [1.29, 1.82) is 0 Å². The molecule has 1 aliphatic rings. The second-order valence-corrected chi connectivity index (χ2v) is 4.86. The van der Waals surface area contributed by atoms with Crippen molar-refractivity contribution in [3.05, 3.63) is 22.2 Å². The highest BCUT2D eigenvalue weighted by atomic mass is 16.5. The minimum Gasteiger partial charge on any atom is -0.463 e. The normalized spacial score (nSPS) is 20.5. The Labute approximate surface area is 130 Å². The highest BCUT2D eigenvalue weighted by Crippen LogP contribution is 2.33. The van der Waals surface area contributed by atoms with Gasteiger partial charge in [-0.3, -0.25) is 14.2 Å². The summed E-state index contributed by atoms with van der Waals surface area (Å²) in [5.41, 5.74) is 5.11. The molecule has 0 spiro atoms. The van der Waals surface area contributed by atoms with E-state index < -0.39 is 23.5 Å². The molecule has 1 aliphatic heterocycles. The number of aromatic nitrogens is 2.